The zero-order valence-electron chi connectivity index (χ0n) is 13.9. The predicted octanol–water partition coefficient (Wildman–Crippen LogP) is 1.40. The normalized spacial score (nSPS) is 21.3. The standard InChI is InChI=1S/C18H27N3O2/c1-14-4-2-3-5-16(14)20-8-10-21(11-9-20)18(22)17(19)15-6-12-23-13-7-15/h2-5,15,17H,6-13,19H2,1H3. The van der Waals surface area contributed by atoms with E-state index in [1.807, 2.05) is 4.90 Å². The van der Waals surface area contributed by atoms with E-state index >= 15 is 0 Å². The van der Waals surface area contributed by atoms with Crippen LogP contribution in [0.15, 0.2) is 24.3 Å². The Bertz CT molecular complexity index is 535. The number of anilines is 1. The van der Waals surface area contributed by atoms with Crippen molar-refractivity contribution in [2.24, 2.45) is 11.7 Å². The summed E-state index contributed by atoms with van der Waals surface area (Å²) in [4.78, 5) is 16.9. The molecule has 1 amide bonds. The van der Waals surface area contributed by atoms with Gasteiger partial charge in [-0.3, -0.25) is 4.79 Å². The molecule has 2 heterocycles. The van der Waals surface area contributed by atoms with Gasteiger partial charge in [0.05, 0.1) is 6.04 Å². The third-order valence-corrected chi connectivity index (χ3v) is 5.11. The second kappa shape index (κ2) is 7.32. The molecule has 5 heteroatoms. The molecule has 2 saturated heterocycles. The Hall–Kier alpha value is -1.59. The van der Waals surface area contributed by atoms with E-state index in [4.69, 9.17) is 10.5 Å². The lowest BCUT2D eigenvalue weighted by molar-refractivity contribution is -0.135. The minimum absolute atomic E-state index is 0.112. The molecule has 0 aliphatic carbocycles. The lowest BCUT2D eigenvalue weighted by Crippen LogP contribution is -2.55. The number of nitrogens with two attached hydrogens (primary N) is 1. The minimum atomic E-state index is -0.371. The van der Waals surface area contributed by atoms with Gasteiger partial charge in [-0.05, 0) is 37.3 Å². The molecule has 1 unspecified atom stereocenters. The van der Waals surface area contributed by atoms with Crippen molar-refractivity contribution in [3.63, 3.8) is 0 Å². The summed E-state index contributed by atoms with van der Waals surface area (Å²) in [5.41, 5.74) is 8.79. The number of benzene rings is 1. The molecule has 23 heavy (non-hydrogen) atoms. The molecular weight excluding hydrogens is 290 g/mol. The smallest absolute Gasteiger partial charge is 0.239 e. The molecular formula is C18H27N3O2. The quantitative estimate of drug-likeness (QED) is 0.915. The van der Waals surface area contributed by atoms with Gasteiger partial charge < -0.3 is 20.3 Å². The van der Waals surface area contributed by atoms with Crippen LogP contribution in [0, 0.1) is 12.8 Å². The topological polar surface area (TPSA) is 58.8 Å². The first-order valence-corrected chi connectivity index (χ1v) is 8.59. The highest BCUT2D eigenvalue weighted by molar-refractivity contribution is 5.82. The van der Waals surface area contributed by atoms with Gasteiger partial charge in [0, 0.05) is 45.1 Å². The minimum Gasteiger partial charge on any atom is -0.381 e. The number of hydrogen-bond acceptors (Lipinski definition) is 4. The van der Waals surface area contributed by atoms with Crippen LogP contribution in [-0.4, -0.2) is 56.2 Å². The van der Waals surface area contributed by atoms with Crippen molar-refractivity contribution in [2.45, 2.75) is 25.8 Å². The Kier molecular flexibility index (Phi) is 5.18. The maximum atomic E-state index is 12.6. The monoisotopic (exact) mass is 317 g/mol. The summed E-state index contributed by atoms with van der Waals surface area (Å²) < 4.78 is 5.36. The predicted molar refractivity (Wildman–Crippen MR) is 91.5 cm³/mol. The van der Waals surface area contributed by atoms with Crippen molar-refractivity contribution in [3.8, 4) is 0 Å². The second-order valence-electron chi connectivity index (χ2n) is 6.57. The third-order valence-electron chi connectivity index (χ3n) is 5.11. The van der Waals surface area contributed by atoms with Gasteiger partial charge in [0.2, 0.25) is 5.91 Å². The third kappa shape index (κ3) is 3.67. The first-order valence-electron chi connectivity index (χ1n) is 8.59. The Morgan fingerprint density at radius 3 is 2.48 bits per heavy atom. The zero-order chi connectivity index (χ0) is 16.2. The van der Waals surface area contributed by atoms with Crippen LogP contribution in [0.4, 0.5) is 5.69 Å². The molecule has 0 saturated carbocycles. The molecule has 2 fully saturated rings. The molecule has 1 aromatic carbocycles. The number of ether oxygens (including phenoxy) is 1. The van der Waals surface area contributed by atoms with Gasteiger partial charge >= 0.3 is 0 Å². The second-order valence-corrected chi connectivity index (χ2v) is 6.57. The van der Waals surface area contributed by atoms with Crippen LogP contribution in [0.5, 0.6) is 0 Å². The van der Waals surface area contributed by atoms with Crippen molar-refractivity contribution < 1.29 is 9.53 Å². The molecule has 2 aliphatic rings. The van der Waals surface area contributed by atoms with Gasteiger partial charge in [-0.25, -0.2) is 0 Å². The van der Waals surface area contributed by atoms with Crippen LogP contribution >= 0.6 is 0 Å². The van der Waals surface area contributed by atoms with Crippen LogP contribution in [0.2, 0.25) is 0 Å². The largest absolute Gasteiger partial charge is 0.381 e. The van der Waals surface area contributed by atoms with Crippen molar-refractivity contribution in [1.82, 2.24) is 4.90 Å². The van der Waals surface area contributed by atoms with E-state index in [0.29, 0.717) is 0 Å². The summed E-state index contributed by atoms with van der Waals surface area (Å²) in [6.45, 7) is 6.84. The highest BCUT2D eigenvalue weighted by Crippen LogP contribution is 2.22. The Morgan fingerprint density at radius 2 is 1.83 bits per heavy atom. The van der Waals surface area contributed by atoms with Gasteiger partial charge in [0.25, 0.3) is 0 Å². The Labute approximate surface area is 138 Å². The van der Waals surface area contributed by atoms with Crippen LogP contribution in [-0.2, 0) is 9.53 Å². The maximum absolute atomic E-state index is 12.6. The van der Waals surface area contributed by atoms with Crippen LogP contribution in [0.3, 0.4) is 0 Å². The van der Waals surface area contributed by atoms with Crippen molar-refractivity contribution in [1.29, 1.82) is 0 Å². The fourth-order valence-electron chi connectivity index (χ4n) is 3.57. The number of nitrogens with zero attached hydrogens (tertiary/aromatic N) is 2. The highest BCUT2D eigenvalue weighted by atomic mass is 16.5. The first kappa shape index (κ1) is 16.3. The first-order chi connectivity index (χ1) is 11.2. The van der Waals surface area contributed by atoms with Crippen LogP contribution in [0.1, 0.15) is 18.4 Å². The number of hydrogen-bond donors (Lipinski definition) is 1. The summed E-state index contributed by atoms with van der Waals surface area (Å²) in [6, 6.07) is 8.05. The number of piperazine rings is 1. The van der Waals surface area contributed by atoms with Crippen LogP contribution < -0.4 is 10.6 Å². The molecule has 1 atom stereocenters. The average molecular weight is 317 g/mol. The van der Waals surface area contributed by atoms with E-state index < -0.39 is 0 Å². The number of aryl methyl sites for hydroxylation is 1. The Balaban J connectivity index is 1.56. The van der Waals surface area contributed by atoms with E-state index in [2.05, 4.69) is 36.1 Å². The fourth-order valence-corrected chi connectivity index (χ4v) is 3.57. The molecule has 0 aromatic heterocycles. The molecule has 0 radical (unpaired) electrons. The molecule has 1 aromatic rings. The molecule has 0 bridgehead atoms. The van der Waals surface area contributed by atoms with E-state index in [1.54, 1.807) is 0 Å². The number of amides is 1. The average Bonchev–Trinajstić information content (AvgIpc) is 2.62. The summed E-state index contributed by atoms with van der Waals surface area (Å²) in [5.74, 6) is 0.381. The SMILES string of the molecule is Cc1ccccc1N1CCN(C(=O)C(N)C2CCOCC2)CC1. The number of carbonyl (C=O) groups is 1. The Morgan fingerprint density at radius 1 is 1.17 bits per heavy atom. The maximum Gasteiger partial charge on any atom is 0.239 e. The van der Waals surface area contributed by atoms with Gasteiger partial charge in [0.1, 0.15) is 0 Å². The molecule has 2 aliphatic heterocycles. The van der Waals surface area contributed by atoms with Crippen molar-refractivity contribution >= 4 is 11.6 Å². The van der Waals surface area contributed by atoms with Gasteiger partial charge in [-0.1, -0.05) is 18.2 Å². The lowest BCUT2D eigenvalue weighted by Gasteiger charge is -2.39. The molecule has 126 valence electrons. The lowest BCUT2D eigenvalue weighted by atomic mass is 9.91. The fraction of sp³-hybridized carbons (Fsp3) is 0.611. The number of rotatable bonds is 3. The number of para-hydroxylation sites is 1. The number of carbonyl (C=O) groups excluding carboxylic acids is 1. The van der Waals surface area contributed by atoms with Crippen molar-refractivity contribution in [3.05, 3.63) is 29.8 Å². The van der Waals surface area contributed by atoms with Crippen LogP contribution in [0.25, 0.3) is 0 Å². The molecule has 0 spiro atoms. The zero-order valence-corrected chi connectivity index (χ0v) is 13.9. The van der Waals surface area contributed by atoms with E-state index in [-0.39, 0.29) is 17.9 Å². The van der Waals surface area contributed by atoms with Gasteiger partial charge in [-0.2, -0.15) is 0 Å². The summed E-state index contributed by atoms with van der Waals surface area (Å²) in [5, 5.41) is 0. The highest BCUT2D eigenvalue weighted by Gasteiger charge is 2.31. The van der Waals surface area contributed by atoms with Gasteiger partial charge in [0.15, 0.2) is 0 Å². The molecule has 5 nitrogen and oxygen atoms in total. The van der Waals surface area contributed by atoms with Crippen molar-refractivity contribution in [2.75, 3.05) is 44.3 Å². The van der Waals surface area contributed by atoms with E-state index in [9.17, 15) is 4.79 Å². The van der Waals surface area contributed by atoms with E-state index in [0.717, 1.165) is 52.2 Å². The molecule has 3 rings (SSSR count). The molecule has 2 N–H and O–H groups in total. The van der Waals surface area contributed by atoms with E-state index in [1.165, 1.54) is 11.3 Å². The summed E-state index contributed by atoms with van der Waals surface area (Å²) in [7, 11) is 0. The van der Waals surface area contributed by atoms with Gasteiger partial charge in [-0.15, -0.1) is 0 Å². The summed E-state index contributed by atoms with van der Waals surface area (Å²) in [6.07, 6.45) is 1.80. The summed E-state index contributed by atoms with van der Waals surface area (Å²) >= 11 is 0.